The van der Waals surface area contributed by atoms with Crippen LogP contribution in [0.25, 0.3) is 0 Å². The molecule has 1 amide bonds. The Morgan fingerprint density at radius 3 is 2.88 bits per heavy atom. The van der Waals surface area contributed by atoms with Gasteiger partial charge < -0.3 is 14.0 Å². The Morgan fingerprint density at radius 1 is 1.31 bits per heavy atom. The largest absolute Gasteiger partial charge is 0.461 e. The van der Waals surface area contributed by atoms with Gasteiger partial charge in [-0.15, -0.1) is 0 Å². The molecule has 2 aromatic rings. The number of hydrogen-bond donors (Lipinski definition) is 0. The van der Waals surface area contributed by atoms with Crippen molar-refractivity contribution < 1.29 is 23.6 Å². The van der Waals surface area contributed by atoms with Crippen LogP contribution in [-0.4, -0.2) is 37.0 Å². The summed E-state index contributed by atoms with van der Waals surface area (Å²) in [5, 5.41) is 4.56. The van der Waals surface area contributed by atoms with Crippen molar-refractivity contribution in [2.24, 2.45) is 0 Å². The van der Waals surface area contributed by atoms with Crippen molar-refractivity contribution in [2.45, 2.75) is 19.8 Å². The van der Waals surface area contributed by atoms with Gasteiger partial charge in [-0.25, -0.2) is 9.59 Å². The Kier molecular flexibility index (Phi) is 5.68. The molecule has 0 atom stereocenters. The Bertz CT molecular complexity index is 837. The van der Waals surface area contributed by atoms with E-state index in [-0.39, 0.29) is 18.9 Å². The number of anilines is 1. The molecule has 7 nitrogen and oxygen atoms in total. The fraction of sp³-hybridized carbons (Fsp3) is 0.353. The van der Waals surface area contributed by atoms with Crippen molar-refractivity contribution >= 4 is 41.0 Å². The smallest absolute Gasteiger partial charge is 0.414 e. The number of benzene rings is 1. The van der Waals surface area contributed by atoms with E-state index in [1.165, 1.54) is 11.0 Å². The molecule has 0 radical (unpaired) electrons. The van der Waals surface area contributed by atoms with E-state index in [1.807, 2.05) is 0 Å². The third-order valence-electron chi connectivity index (χ3n) is 3.89. The van der Waals surface area contributed by atoms with Gasteiger partial charge in [-0.2, -0.15) is 0 Å². The average molecular weight is 399 g/mol. The molecule has 0 bridgehead atoms. The molecule has 0 aliphatic carbocycles. The van der Waals surface area contributed by atoms with Crippen molar-refractivity contribution in [3.05, 3.63) is 45.3 Å². The Hall–Kier alpha value is -2.25. The number of nitrogens with zero attached hydrogens (tertiary/aromatic N) is 2. The molecule has 0 spiro atoms. The molecule has 9 heteroatoms. The SMILES string of the molecule is CCOC(=O)c1cc(CCOC(=O)N2CCc3c2ccc(Cl)c3Cl)on1. The first kappa shape index (κ1) is 18.5. The quantitative estimate of drug-likeness (QED) is 0.710. The number of hydrogen-bond acceptors (Lipinski definition) is 6. The maximum Gasteiger partial charge on any atom is 0.414 e. The highest BCUT2D eigenvalue weighted by Gasteiger charge is 2.28. The number of rotatable bonds is 5. The molecule has 1 aliphatic rings. The number of halogens is 2. The molecular formula is C17H16Cl2N2O5. The van der Waals surface area contributed by atoms with E-state index in [2.05, 4.69) is 5.16 Å². The highest BCUT2D eigenvalue weighted by molar-refractivity contribution is 6.42. The van der Waals surface area contributed by atoms with Crippen molar-refractivity contribution in [2.75, 3.05) is 24.7 Å². The van der Waals surface area contributed by atoms with Gasteiger partial charge in [0, 0.05) is 19.0 Å². The van der Waals surface area contributed by atoms with Crippen LogP contribution in [0.1, 0.15) is 28.7 Å². The summed E-state index contributed by atoms with van der Waals surface area (Å²) >= 11 is 12.2. The van der Waals surface area contributed by atoms with Crippen LogP contribution in [0.3, 0.4) is 0 Å². The molecule has 2 heterocycles. The van der Waals surface area contributed by atoms with Crippen LogP contribution in [0, 0.1) is 0 Å². The average Bonchev–Trinajstić information content (AvgIpc) is 3.25. The van der Waals surface area contributed by atoms with E-state index in [4.69, 9.17) is 37.2 Å². The van der Waals surface area contributed by atoms with Gasteiger partial charge in [-0.05, 0) is 31.0 Å². The highest BCUT2D eigenvalue weighted by atomic mass is 35.5. The molecule has 1 aromatic heterocycles. The highest BCUT2D eigenvalue weighted by Crippen LogP contribution is 2.38. The Labute approximate surface area is 159 Å². The molecule has 138 valence electrons. The lowest BCUT2D eigenvalue weighted by Crippen LogP contribution is -2.30. The number of carbonyl (C=O) groups excluding carboxylic acids is 2. The standard InChI is InChI=1S/C17H16Cl2N2O5/c1-2-24-16(22)13-9-10(26-20-13)6-8-25-17(23)21-7-5-11-14(21)4-3-12(18)15(11)19/h3-4,9H,2,5-8H2,1H3. The zero-order valence-corrected chi connectivity index (χ0v) is 15.5. The van der Waals surface area contributed by atoms with Crippen molar-refractivity contribution in [3.63, 3.8) is 0 Å². The van der Waals surface area contributed by atoms with E-state index in [0.29, 0.717) is 40.9 Å². The predicted octanol–water partition coefficient (Wildman–Crippen LogP) is 3.90. The number of aromatic nitrogens is 1. The lowest BCUT2D eigenvalue weighted by Gasteiger charge is -2.17. The monoisotopic (exact) mass is 398 g/mol. The first-order chi connectivity index (χ1) is 12.5. The van der Waals surface area contributed by atoms with E-state index in [9.17, 15) is 9.59 Å². The van der Waals surface area contributed by atoms with Crippen LogP contribution < -0.4 is 4.90 Å². The number of fused-ring (bicyclic) bond motifs is 1. The molecule has 0 N–H and O–H groups in total. The fourth-order valence-corrected chi connectivity index (χ4v) is 3.09. The number of ether oxygens (including phenoxy) is 2. The summed E-state index contributed by atoms with van der Waals surface area (Å²) in [5.41, 5.74) is 1.63. The van der Waals surface area contributed by atoms with Crippen molar-refractivity contribution in [3.8, 4) is 0 Å². The maximum absolute atomic E-state index is 12.3. The number of amides is 1. The second kappa shape index (κ2) is 7.97. The van der Waals surface area contributed by atoms with Crippen LogP contribution in [0.4, 0.5) is 10.5 Å². The second-order valence-corrected chi connectivity index (χ2v) is 6.31. The van der Waals surface area contributed by atoms with Gasteiger partial charge >= 0.3 is 12.1 Å². The molecule has 1 aromatic carbocycles. The first-order valence-corrected chi connectivity index (χ1v) is 8.80. The van der Waals surface area contributed by atoms with E-state index in [1.54, 1.807) is 19.1 Å². The summed E-state index contributed by atoms with van der Waals surface area (Å²) in [7, 11) is 0. The lowest BCUT2D eigenvalue weighted by atomic mass is 10.2. The molecule has 3 rings (SSSR count). The number of carbonyl (C=O) groups is 2. The van der Waals surface area contributed by atoms with Crippen LogP contribution >= 0.6 is 23.2 Å². The minimum absolute atomic E-state index is 0.0868. The van der Waals surface area contributed by atoms with Gasteiger partial charge in [0.2, 0.25) is 0 Å². The fourth-order valence-electron chi connectivity index (χ4n) is 2.66. The van der Waals surface area contributed by atoms with Gasteiger partial charge in [-0.3, -0.25) is 4.90 Å². The van der Waals surface area contributed by atoms with Crippen LogP contribution in [0.2, 0.25) is 10.0 Å². The van der Waals surface area contributed by atoms with Gasteiger partial charge in [0.1, 0.15) is 12.4 Å². The molecule has 0 saturated carbocycles. The summed E-state index contributed by atoms with van der Waals surface area (Å²) in [6, 6.07) is 4.87. The van der Waals surface area contributed by atoms with E-state index < -0.39 is 12.1 Å². The zero-order chi connectivity index (χ0) is 18.7. The van der Waals surface area contributed by atoms with Crippen LogP contribution in [0.15, 0.2) is 22.7 Å². The molecule has 1 aliphatic heterocycles. The zero-order valence-electron chi connectivity index (χ0n) is 14.0. The van der Waals surface area contributed by atoms with Crippen molar-refractivity contribution in [1.29, 1.82) is 0 Å². The number of esters is 1. The molecule has 0 saturated heterocycles. The minimum Gasteiger partial charge on any atom is -0.461 e. The summed E-state index contributed by atoms with van der Waals surface area (Å²) < 4.78 is 15.1. The topological polar surface area (TPSA) is 81.9 Å². The van der Waals surface area contributed by atoms with Crippen LogP contribution in [-0.2, 0) is 22.3 Å². The van der Waals surface area contributed by atoms with Gasteiger partial charge in [0.15, 0.2) is 5.69 Å². The minimum atomic E-state index is -0.552. The van der Waals surface area contributed by atoms with Gasteiger partial charge in [0.05, 0.1) is 22.3 Å². The molecule has 26 heavy (non-hydrogen) atoms. The summed E-state index contributed by atoms with van der Waals surface area (Å²) in [6.07, 6.45) is 0.432. The van der Waals surface area contributed by atoms with Crippen LogP contribution in [0.5, 0.6) is 0 Å². The summed E-state index contributed by atoms with van der Waals surface area (Å²) in [4.78, 5) is 25.3. The molecule has 0 fully saturated rings. The normalized spacial score (nSPS) is 12.8. The van der Waals surface area contributed by atoms with Crippen molar-refractivity contribution in [1.82, 2.24) is 5.16 Å². The molecule has 0 unspecified atom stereocenters. The molecular weight excluding hydrogens is 383 g/mol. The Balaban J connectivity index is 1.55. The third kappa shape index (κ3) is 3.78. The summed E-state index contributed by atoms with van der Waals surface area (Å²) in [5.74, 6) is -0.124. The third-order valence-corrected chi connectivity index (χ3v) is 4.73. The van der Waals surface area contributed by atoms with Gasteiger partial charge in [0.25, 0.3) is 0 Å². The lowest BCUT2D eigenvalue weighted by molar-refractivity contribution is 0.0514. The maximum atomic E-state index is 12.3. The van der Waals surface area contributed by atoms with E-state index >= 15 is 0 Å². The first-order valence-electron chi connectivity index (χ1n) is 8.05. The Morgan fingerprint density at radius 2 is 2.12 bits per heavy atom. The summed E-state index contributed by atoms with van der Waals surface area (Å²) in [6.45, 7) is 2.52. The second-order valence-electron chi connectivity index (χ2n) is 5.52. The van der Waals surface area contributed by atoms with Gasteiger partial charge in [-0.1, -0.05) is 28.4 Å². The van der Waals surface area contributed by atoms with E-state index in [0.717, 1.165) is 5.56 Å². The predicted molar refractivity (Wildman–Crippen MR) is 95.0 cm³/mol.